The van der Waals surface area contributed by atoms with Gasteiger partial charge < -0.3 is 5.11 Å². The van der Waals surface area contributed by atoms with E-state index in [1.165, 1.54) is 11.0 Å². The van der Waals surface area contributed by atoms with Gasteiger partial charge in [-0.2, -0.15) is 0 Å². The first-order valence-electron chi connectivity index (χ1n) is 6.74. The molecule has 110 valence electrons. The number of aromatic nitrogens is 4. The molecule has 0 bridgehead atoms. The third-order valence-corrected chi connectivity index (χ3v) is 3.59. The summed E-state index contributed by atoms with van der Waals surface area (Å²) in [6.45, 7) is 3.94. The molecule has 0 saturated heterocycles. The van der Waals surface area contributed by atoms with Gasteiger partial charge in [-0.05, 0) is 53.1 Å². The summed E-state index contributed by atoms with van der Waals surface area (Å²) in [6.07, 6.45) is 1.45. The number of carboxylic acids is 1. The normalized spacial score (nSPS) is 10.6. The maximum Gasteiger partial charge on any atom is 0.335 e. The van der Waals surface area contributed by atoms with Crippen molar-refractivity contribution in [3.63, 3.8) is 0 Å². The molecule has 0 aliphatic heterocycles. The molecule has 3 rings (SSSR count). The van der Waals surface area contributed by atoms with Crippen molar-refractivity contribution in [3.05, 3.63) is 59.4 Å². The monoisotopic (exact) mass is 294 g/mol. The van der Waals surface area contributed by atoms with Gasteiger partial charge in [0.05, 0.1) is 11.3 Å². The second-order valence-electron chi connectivity index (χ2n) is 5.09. The van der Waals surface area contributed by atoms with Gasteiger partial charge in [0.15, 0.2) is 0 Å². The summed E-state index contributed by atoms with van der Waals surface area (Å²) in [5.41, 5.74) is 4.73. The van der Waals surface area contributed by atoms with Gasteiger partial charge in [0.2, 0.25) is 0 Å². The number of aromatic carboxylic acids is 1. The molecule has 0 aliphatic rings. The minimum atomic E-state index is -0.984. The van der Waals surface area contributed by atoms with E-state index in [4.69, 9.17) is 0 Å². The number of tetrazole rings is 1. The highest BCUT2D eigenvalue weighted by atomic mass is 16.4. The lowest BCUT2D eigenvalue weighted by molar-refractivity contribution is 0.0697. The van der Waals surface area contributed by atoms with Crippen molar-refractivity contribution in [2.75, 3.05) is 0 Å². The van der Waals surface area contributed by atoms with Crippen molar-refractivity contribution < 1.29 is 9.90 Å². The van der Waals surface area contributed by atoms with Crippen molar-refractivity contribution in [3.8, 4) is 16.8 Å². The molecule has 0 spiro atoms. The standard InChI is InChI=1S/C16H14N4O2/c1-10-3-5-12(6-4-10)14-7-13(16(21)22)8-15(11(14)2)20-9-17-18-19-20/h3-9H,1-2H3,(H,21,22). The molecule has 22 heavy (non-hydrogen) atoms. The van der Waals surface area contributed by atoms with Crippen LogP contribution in [0.5, 0.6) is 0 Å². The molecule has 0 fully saturated rings. The van der Waals surface area contributed by atoms with Gasteiger partial charge in [-0.25, -0.2) is 9.48 Å². The maximum absolute atomic E-state index is 11.4. The summed E-state index contributed by atoms with van der Waals surface area (Å²) in [7, 11) is 0. The number of carboxylic acid groups (broad SMARTS) is 1. The van der Waals surface area contributed by atoms with Gasteiger partial charge in [-0.15, -0.1) is 5.10 Å². The fraction of sp³-hybridized carbons (Fsp3) is 0.125. The highest BCUT2D eigenvalue weighted by molar-refractivity contribution is 5.91. The first-order valence-corrected chi connectivity index (χ1v) is 6.74. The van der Waals surface area contributed by atoms with Crippen molar-refractivity contribution in [1.82, 2.24) is 20.2 Å². The Morgan fingerprint density at radius 3 is 2.45 bits per heavy atom. The Balaban J connectivity index is 2.25. The highest BCUT2D eigenvalue weighted by Gasteiger charge is 2.14. The molecule has 0 aliphatic carbocycles. The number of benzene rings is 2. The van der Waals surface area contributed by atoms with E-state index in [1.54, 1.807) is 12.1 Å². The van der Waals surface area contributed by atoms with E-state index in [9.17, 15) is 9.90 Å². The summed E-state index contributed by atoms with van der Waals surface area (Å²) in [4.78, 5) is 11.4. The molecule has 1 aromatic heterocycles. The number of carbonyl (C=O) groups is 1. The fourth-order valence-electron chi connectivity index (χ4n) is 2.37. The number of hydrogen-bond acceptors (Lipinski definition) is 4. The molecule has 0 radical (unpaired) electrons. The quantitative estimate of drug-likeness (QED) is 0.803. The number of rotatable bonds is 3. The van der Waals surface area contributed by atoms with Crippen LogP contribution in [0.3, 0.4) is 0 Å². The zero-order valence-electron chi connectivity index (χ0n) is 12.2. The molecule has 6 heteroatoms. The van der Waals surface area contributed by atoms with Crippen LogP contribution in [0.2, 0.25) is 0 Å². The van der Waals surface area contributed by atoms with Gasteiger partial charge in [-0.1, -0.05) is 29.8 Å². The molecular formula is C16H14N4O2. The van der Waals surface area contributed by atoms with Crippen LogP contribution < -0.4 is 0 Å². The Morgan fingerprint density at radius 1 is 1.14 bits per heavy atom. The SMILES string of the molecule is Cc1ccc(-c2cc(C(=O)O)cc(-n3cnnn3)c2C)cc1. The first kappa shape index (κ1) is 13.9. The van der Waals surface area contributed by atoms with Crippen molar-refractivity contribution >= 4 is 5.97 Å². The summed E-state index contributed by atoms with van der Waals surface area (Å²) in [6, 6.07) is 11.2. The number of hydrogen-bond donors (Lipinski definition) is 1. The second-order valence-corrected chi connectivity index (χ2v) is 5.09. The summed E-state index contributed by atoms with van der Waals surface area (Å²) in [5.74, 6) is -0.984. The fourth-order valence-corrected chi connectivity index (χ4v) is 2.37. The molecule has 3 aromatic rings. The smallest absolute Gasteiger partial charge is 0.335 e. The molecule has 0 saturated carbocycles. The van der Waals surface area contributed by atoms with Crippen molar-refractivity contribution in [2.24, 2.45) is 0 Å². The molecule has 1 heterocycles. The predicted octanol–water partition coefficient (Wildman–Crippen LogP) is 2.64. The van der Waals surface area contributed by atoms with Crippen LogP contribution in [0.15, 0.2) is 42.7 Å². The van der Waals surface area contributed by atoms with Gasteiger partial charge in [0, 0.05) is 0 Å². The summed E-state index contributed by atoms with van der Waals surface area (Å²) in [5, 5.41) is 20.4. The maximum atomic E-state index is 11.4. The lowest BCUT2D eigenvalue weighted by Crippen LogP contribution is -2.05. The third-order valence-electron chi connectivity index (χ3n) is 3.59. The Bertz CT molecular complexity index is 824. The first-order chi connectivity index (χ1) is 10.6. The molecule has 1 N–H and O–H groups in total. The zero-order chi connectivity index (χ0) is 15.7. The van der Waals surface area contributed by atoms with Gasteiger partial charge in [-0.3, -0.25) is 0 Å². The van der Waals surface area contributed by atoms with Crippen LogP contribution in [0.25, 0.3) is 16.8 Å². The largest absolute Gasteiger partial charge is 0.478 e. The Morgan fingerprint density at radius 2 is 1.86 bits per heavy atom. The summed E-state index contributed by atoms with van der Waals surface area (Å²) < 4.78 is 1.47. The predicted molar refractivity (Wildman–Crippen MR) is 81.0 cm³/mol. The highest BCUT2D eigenvalue weighted by Crippen LogP contribution is 2.29. The minimum Gasteiger partial charge on any atom is -0.478 e. The average molecular weight is 294 g/mol. The van der Waals surface area contributed by atoms with Crippen molar-refractivity contribution in [1.29, 1.82) is 0 Å². The van der Waals surface area contributed by atoms with Crippen molar-refractivity contribution in [2.45, 2.75) is 13.8 Å². The molecule has 0 atom stereocenters. The van der Waals surface area contributed by atoms with E-state index in [1.807, 2.05) is 38.1 Å². The number of aryl methyl sites for hydroxylation is 1. The van der Waals surface area contributed by atoms with Gasteiger partial charge in [0.25, 0.3) is 0 Å². The van der Waals surface area contributed by atoms with E-state index in [2.05, 4.69) is 15.5 Å². The van der Waals surface area contributed by atoms with Gasteiger partial charge in [0.1, 0.15) is 6.33 Å². The van der Waals surface area contributed by atoms with E-state index in [0.29, 0.717) is 5.69 Å². The van der Waals surface area contributed by atoms with Crippen LogP contribution in [-0.2, 0) is 0 Å². The third kappa shape index (κ3) is 2.46. The van der Waals surface area contributed by atoms with Crippen LogP contribution in [0, 0.1) is 13.8 Å². The Kier molecular flexibility index (Phi) is 3.42. The van der Waals surface area contributed by atoms with Gasteiger partial charge >= 0.3 is 5.97 Å². The lowest BCUT2D eigenvalue weighted by Gasteiger charge is -2.13. The van der Waals surface area contributed by atoms with Crippen LogP contribution in [0.4, 0.5) is 0 Å². The molecule has 0 amide bonds. The molecule has 0 unspecified atom stereocenters. The van der Waals surface area contributed by atoms with E-state index < -0.39 is 5.97 Å². The molecule has 6 nitrogen and oxygen atoms in total. The average Bonchev–Trinajstić information content (AvgIpc) is 3.02. The van der Waals surface area contributed by atoms with Crippen LogP contribution in [-0.4, -0.2) is 31.3 Å². The summed E-state index contributed by atoms with van der Waals surface area (Å²) >= 11 is 0. The zero-order valence-corrected chi connectivity index (χ0v) is 12.2. The minimum absolute atomic E-state index is 0.201. The molecular weight excluding hydrogens is 280 g/mol. The van der Waals surface area contributed by atoms with E-state index in [0.717, 1.165) is 22.3 Å². The van der Waals surface area contributed by atoms with E-state index >= 15 is 0 Å². The second kappa shape index (κ2) is 5.40. The van der Waals surface area contributed by atoms with E-state index in [-0.39, 0.29) is 5.56 Å². The topological polar surface area (TPSA) is 80.9 Å². The Hall–Kier alpha value is -3.02. The van der Waals surface area contributed by atoms with Crippen LogP contribution >= 0.6 is 0 Å². The lowest BCUT2D eigenvalue weighted by atomic mass is 9.96. The Labute approximate surface area is 127 Å². The van der Waals surface area contributed by atoms with Crippen LogP contribution in [0.1, 0.15) is 21.5 Å². The molecule has 2 aromatic carbocycles. The number of nitrogens with zero attached hydrogens (tertiary/aromatic N) is 4.